The van der Waals surface area contributed by atoms with Crippen LogP contribution in [0.15, 0.2) is 29.6 Å². The maximum atomic E-state index is 14.2. The second-order valence-electron chi connectivity index (χ2n) is 8.31. The number of hydrogen-bond donors (Lipinski definition) is 1. The summed E-state index contributed by atoms with van der Waals surface area (Å²) in [6.45, 7) is 3.54. The third-order valence-corrected chi connectivity index (χ3v) is 7.29. The Balaban J connectivity index is 1.36. The molecule has 1 N–H and O–H groups in total. The zero-order valence-corrected chi connectivity index (χ0v) is 19.5. The number of likely N-dealkylation sites (tertiary alicyclic amines) is 1. The number of aromatic nitrogens is 2. The van der Waals surface area contributed by atoms with Crippen LogP contribution in [0.4, 0.5) is 15.9 Å². The summed E-state index contributed by atoms with van der Waals surface area (Å²) in [7, 11) is -3.39. The molecule has 2 aliphatic heterocycles. The molecule has 172 valence electrons. The van der Waals surface area contributed by atoms with E-state index >= 15 is 0 Å². The Morgan fingerprint density at radius 2 is 1.84 bits per heavy atom. The van der Waals surface area contributed by atoms with Crippen LogP contribution in [0.3, 0.4) is 0 Å². The van der Waals surface area contributed by atoms with Gasteiger partial charge in [0.05, 0.1) is 16.9 Å². The molecule has 0 saturated carbocycles. The summed E-state index contributed by atoms with van der Waals surface area (Å²) >= 11 is 5.79. The Hall–Kier alpha value is -2.46. The molecule has 1 amide bonds. The lowest BCUT2D eigenvalue weighted by molar-refractivity contribution is -0.130. The number of sulfone groups is 1. The van der Waals surface area contributed by atoms with Crippen LogP contribution in [0, 0.1) is 12.7 Å². The van der Waals surface area contributed by atoms with Gasteiger partial charge in [-0.05, 0) is 43.9 Å². The molecular weight excluding hydrogens is 457 g/mol. The van der Waals surface area contributed by atoms with Gasteiger partial charge >= 0.3 is 0 Å². The van der Waals surface area contributed by atoms with E-state index < -0.39 is 15.7 Å². The molecule has 4 heterocycles. The number of amides is 1. The third-order valence-electron chi connectivity index (χ3n) is 5.96. The van der Waals surface area contributed by atoms with E-state index in [1.807, 2.05) is 9.80 Å². The fourth-order valence-corrected chi connectivity index (χ4v) is 5.49. The Bertz CT molecular complexity index is 1140. The molecule has 4 rings (SSSR count). The standard InChI is InChI=1S/C21H25ClFN5O3S/c1-13-9-15(12-25-20(13)32(2,30)31)26-18-5-8-28(21(18)29)16-3-6-27(7-4-16)19-17(23)10-14(22)11-24-19/h9-12,16,18,26H,3-8H2,1-2H3/t18-/m0/s1. The lowest BCUT2D eigenvalue weighted by atomic mass is 10.0. The van der Waals surface area contributed by atoms with Crippen LogP contribution in [0.2, 0.25) is 5.02 Å². The van der Waals surface area contributed by atoms with Crippen molar-refractivity contribution in [1.29, 1.82) is 0 Å². The van der Waals surface area contributed by atoms with E-state index in [9.17, 15) is 17.6 Å². The summed E-state index contributed by atoms with van der Waals surface area (Å²) in [5.74, 6) is -0.132. The van der Waals surface area contributed by atoms with E-state index in [1.165, 1.54) is 18.5 Å². The number of piperidine rings is 1. The highest BCUT2D eigenvalue weighted by atomic mass is 35.5. The second kappa shape index (κ2) is 8.82. The van der Waals surface area contributed by atoms with Crippen LogP contribution in [0.1, 0.15) is 24.8 Å². The highest BCUT2D eigenvalue weighted by Crippen LogP contribution is 2.28. The Morgan fingerprint density at radius 3 is 2.47 bits per heavy atom. The molecule has 1 atom stereocenters. The molecular formula is C21H25ClFN5O3S. The number of rotatable bonds is 5. The maximum absolute atomic E-state index is 14.2. The van der Waals surface area contributed by atoms with Gasteiger partial charge in [-0.2, -0.15) is 0 Å². The van der Waals surface area contributed by atoms with Gasteiger partial charge in [0.25, 0.3) is 0 Å². The molecule has 2 aromatic heterocycles. The molecule has 0 aliphatic carbocycles. The molecule has 0 aromatic carbocycles. The number of nitrogens with one attached hydrogen (secondary N) is 1. The van der Waals surface area contributed by atoms with Crippen molar-refractivity contribution < 1.29 is 17.6 Å². The van der Waals surface area contributed by atoms with Crippen molar-refractivity contribution in [2.24, 2.45) is 0 Å². The molecule has 8 nitrogen and oxygen atoms in total. The molecule has 2 fully saturated rings. The molecule has 2 aromatic rings. The summed E-state index contributed by atoms with van der Waals surface area (Å²) in [5.41, 5.74) is 1.16. The highest BCUT2D eigenvalue weighted by Gasteiger charge is 2.37. The van der Waals surface area contributed by atoms with E-state index in [4.69, 9.17) is 11.6 Å². The van der Waals surface area contributed by atoms with Gasteiger partial charge < -0.3 is 15.1 Å². The third kappa shape index (κ3) is 4.66. The van der Waals surface area contributed by atoms with Crippen molar-refractivity contribution in [3.63, 3.8) is 0 Å². The Labute approximate surface area is 191 Å². The maximum Gasteiger partial charge on any atom is 0.245 e. The molecule has 32 heavy (non-hydrogen) atoms. The van der Waals surface area contributed by atoms with Crippen molar-refractivity contribution in [2.75, 3.05) is 36.1 Å². The van der Waals surface area contributed by atoms with Gasteiger partial charge in [-0.25, -0.2) is 22.8 Å². The number of hydrogen-bond acceptors (Lipinski definition) is 7. The molecule has 0 spiro atoms. The number of aryl methyl sites for hydroxylation is 1. The topological polar surface area (TPSA) is 95.5 Å². The Morgan fingerprint density at radius 1 is 1.12 bits per heavy atom. The first-order valence-corrected chi connectivity index (χ1v) is 12.7. The molecule has 11 heteroatoms. The van der Waals surface area contributed by atoms with Gasteiger partial charge in [-0.1, -0.05) is 11.6 Å². The first-order valence-electron chi connectivity index (χ1n) is 10.4. The summed E-state index contributed by atoms with van der Waals surface area (Å²) < 4.78 is 37.7. The molecule has 2 aliphatic rings. The van der Waals surface area contributed by atoms with Gasteiger partial charge in [-0.3, -0.25) is 4.79 Å². The fraction of sp³-hybridized carbons (Fsp3) is 0.476. The lowest BCUT2D eigenvalue weighted by Crippen LogP contribution is -2.47. The quantitative estimate of drug-likeness (QED) is 0.701. The number of carbonyl (C=O) groups excluding carboxylic acids is 1. The van der Waals surface area contributed by atoms with Gasteiger partial charge in [0.15, 0.2) is 26.5 Å². The monoisotopic (exact) mass is 481 g/mol. The van der Waals surface area contributed by atoms with Crippen LogP contribution in [-0.2, 0) is 14.6 Å². The van der Waals surface area contributed by atoms with Crippen molar-refractivity contribution >= 4 is 38.9 Å². The van der Waals surface area contributed by atoms with Gasteiger partial charge in [0.1, 0.15) is 6.04 Å². The van der Waals surface area contributed by atoms with Gasteiger partial charge in [0, 0.05) is 38.1 Å². The van der Waals surface area contributed by atoms with Crippen LogP contribution < -0.4 is 10.2 Å². The number of carbonyl (C=O) groups is 1. The normalized spacial score (nSPS) is 20.1. The van der Waals surface area contributed by atoms with E-state index in [2.05, 4.69) is 15.3 Å². The average Bonchev–Trinajstić information content (AvgIpc) is 3.07. The van der Waals surface area contributed by atoms with Crippen molar-refractivity contribution in [3.05, 3.63) is 40.9 Å². The smallest absolute Gasteiger partial charge is 0.245 e. The zero-order valence-electron chi connectivity index (χ0n) is 17.9. The molecule has 0 bridgehead atoms. The van der Waals surface area contributed by atoms with E-state index in [0.29, 0.717) is 43.1 Å². The van der Waals surface area contributed by atoms with Crippen molar-refractivity contribution in [2.45, 2.75) is 43.3 Å². The predicted octanol–water partition coefficient (Wildman–Crippen LogP) is 2.66. The predicted molar refractivity (Wildman–Crippen MR) is 120 cm³/mol. The molecule has 2 saturated heterocycles. The Kier molecular flexibility index (Phi) is 6.26. The minimum Gasteiger partial charge on any atom is -0.372 e. The summed E-state index contributed by atoms with van der Waals surface area (Å²) in [6.07, 6.45) is 6.12. The van der Waals surface area contributed by atoms with Crippen molar-refractivity contribution in [1.82, 2.24) is 14.9 Å². The molecule has 0 unspecified atom stereocenters. The van der Waals surface area contributed by atoms with Crippen LogP contribution in [0.5, 0.6) is 0 Å². The number of pyridine rings is 2. The van der Waals surface area contributed by atoms with Crippen LogP contribution in [-0.4, -0.2) is 67.2 Å². The summed E-state index contributed by atoms with van der Waals surface area (Å²) in [4.78, 5) is 25.0. The SMILES string of the molecule is Cc1cc(N[C@H]2CCN(C3CCN(c4ncc(Cl)cc4F)CC3)C2=O)cnc1S(C)(=O)=O. The minimum absolute atomic E-state index is 0.0177. The van der Waals surface area contributed by atoms with E-state index in [-0.39, 0.29) is 28.0 Å². The summed E-state index contributed by atoms with van der Waals surface area (Å²) in [5, 5.41) is 3.50. The largest absolute Gasteiger partial charge is 0.372 e. The fourth-order valence-electron chi connectivity index (χ4n) is 4.46. The number of anilines is 2. The first-order chi connectivity index (χ1) is 15.1. The van der Waals surface area contributed by atoms with E-state index in [1.54, 1.807) is 13.0 Å². The number of halogens is 2. The van der Waals surface area contributed by atoms with Crippen LogP contribution in [0.25, 0.3) is 0 Å². The van der Waals surface area contributed by atoms with Crippen molar-refractivity contribution in [3.8, 4) is 0 Å². The summed E-state index contributed by atoms with van der Waals surface area (Å²) in [6, 6.07) is 2.67. The average molecular weight is 482 g/mol. The lowest BCUT2D eigenvalue weighted by Gasteiger charge is -2.37. The second-order valence-corrected chi connectivity index (χ2v) is 10.7. The molecule has 0 radical (unpaired) electrons. The van der Waals surface area contributed by atoms with Gasteiger partial charge in [0.2, 0.25) is 5.91 Å². The first kappa shape index (κ1) is 22.7. The minimum atomic E-state index is -3.39. The van der Waals surface area contributed by atoms with Crippen LogP contribution >= 0.6 is 11.6 Å². The van der Waals surface area contributed by atoms with E-state index in [0.717, 1.165) is 19.1 Å². The van der Waals surface area contributed by atoms with Gasteiger partial charge in [-0.15, -0.1) is 0 Å². The highest BCUT2D eigenvalue weighted by molar-refractivity contribution is 7.90. The number of nitrogens with zero attached hydrogens (tertiary/aromatic N) is 4. The zero-order chi connectivity index (χ0) is 23.0.